The lowest BCUT2D eigenvalue weighted by Gasteiger charge is -2.26. The minimum atomic E-state index is -3.11. The van der Waals surface area contributed by atoms with Gasteiger partial charge in [-0.25, -0.2) is 8.42 Å². The molecule has 0 unspecified atom stereocenters. The Morgan fingerprint density at radius 2 is 1.82 bits per heavy atom. The number of ether oxygens (including phenoxy) is 1. The fourth-order valence-corrected chi connectivity index (χ4v) is 8.37. The van der Waals surface area contributed by atoms with Gasteiger partial charge in [0.1, 0.15) is 5.75 Å². The van der Waals surface area contributed by atoms with E-state index in [4.69, 9.17) is 4.74 Å². The number of thioether (sulfide) groups is 1. The van der Waals surface area contributed by atoms with E-state index in [0.29, 0.717) is 10.9 Å². The van der Waals surface area contributed by atoms with Crippen LogP contribution in [-0.4, -0.2) is 62.5 Å². The van der Waals surface area contributed by atoms with E-state index in [1.54, 1.807) is 7.11 Å². The molecular formula is C24H29N3O4S2. The molecule has 2 heterocycles. The Morgan fingerprint density at radius 3 is 2.48 bits per heavy atom. The lowest BCUT2D eigenvalue weighted by molar-refractivity contribution is -0.117. The summed E-state index contributed by atoms with van der Waals surface area (Å²) in [6.07, 6.45) is 0.121. The smallest absolute Gasteiger partial charge is 0.252 e. The van der Waals surface area contributed by atoms with Crippen molar-refractivity contribution in [3.63, 3.8) is 0 Å². The zero-order valence-corrected chi connectivity index (χ0v) is 20.7. The molecule has 0 saturated carbocycles. The molecule has 0 spiro atoms. The topological polar surface area (TPSA) is 79.3 Å². The molecule has 7 nitrogen and oxygen atoms in total. The van der Waals surface area contributed by atoms with Crippen molar-refractivity contribution in [3.8, 4) is 5.75 Å². The summed E-state index contributed by atoms with van der Waals surface area (Å²) in [5.74, 6) is 0.546. The first-order valence-corrected chi connectivity index (χ1v) is 13.8. The van der Waals surface area contributed by atoms with Gasteiger partial charge in [0.15, 0.2) is 15.0 Å². The van der Waals surface area contributed by atoms with Gasteiger partial charge in [0.25, 0.3) is 5.91 Å². The molecule has 0 aliphatic carbocycles. The highest BCUT2D eigenvalue weighted by atomic mass is 32.2. The number of anilines is 2. The second kappa shape index (κ2) is 9.77. The van der Waals surface area contributed by atoms with Gasteiger partial charge in [-0.2, -0.15) is 4.99 Å². The molecule has 2 atom stereocenters. The number of amides is 1. The Morgan fingerprint density at radius 1 is 1.12 bits per heavy atom. The van der Waals surface area contributed by atoms with Gasteiger partial charge in [0, 0.05) is 35.3 Å². The number of fused-ring (bicyclic) bond motifs is 1. The SMILES string of the molecule is CCN(CC)c1ccc(N2C(=NC(=O)Cc3ccccc3OC)S[C@H]3CS(=O)(=O)C[C@@H]32)cc1. The molecule has 2 aromatic rings. The molecule has 0 aromatic heterocycles. The van der Waals surface area contributed by atoms with Gasteiger partial charge in [-0.1, -0.05) is 30.0 Å². The second-order valence-corrected chi connectivity index (χ2v) is 11.5. The maximum absolute atomic E-state index is 12.9. The highest BCUT2D eigenvalue weighted by Gasteiger charge is 2.49. The summed E-state index contributed by atoms with van der Waals surface area (Å²) in [5.41, 5.74) is 2.74. The number of sulfone groups is 1. The van der Waals surface area contributed by atoms with Crippen LogP contribution in [0.1, 0.15) is 19.4 Å². The summed E-state index contributed by atoms with van der Waals surface area (Å²) in [6, 6.07) is 15.2. The number of hydrogen-bond acceptors (Lipinski definition) is 6. The first-order chi connectivity index (χ1) is 15.8. The van der Waals surface area contributed by atoms with Crippen molar-refractivity contribution in [2.75, 3.05) is 41.5 Å². The molecule has 33 heavy (non-hydrogen) atoms. The van der Waals surface area contributed by atoms with Crippen LogP contribution in [0, 0.1) is 0 Å². The number of amidine groups is 1. The van der Waals surface area contributed by atoms with Gasteiger partial charge < -0.3 is 14.5 Å². The van der Waals surface area contributed by atoms with E-state index in [2.05, 4.69) is 23.7 Å². The predicted octanol–water partition coefficient (Wildman–Crippen LogP) is 3.39. The van der Waals surface area contributed by atoms with Crippen molar-refractivity contribution in [1.82, 2.24) is 0 Å². The number of benzene rings is 2. The van der Waals surface area contributed by atoms with Crippen molar-refractivity contribution in [1.29, 1.82) is 0 Å². The molecule has 1 amide bonds. The molecule has 0 radical (unpaired) electrons. The Labute approximate surface area is 199 Å². The van der Waals surface area contributed by atoms with Crippen molar-refractivity contribution in [2.45, 2.75) is 31.6 Å². The molecular weight excluding hydrogens is 458 g/mol. The van der Waals surface area contributed by atoms with Gasteiger partial charge in [-0.3, -0.25) is 4.79 Å². The highest BCUT2D eigenvalue weighted by molar-refractivity contribution is 8.16. The summed E-state index contributed by atoms with van der Waals surface area (Å²) >= 11 is 1.39. The van der Waals surface area contributed by atoms with Crippen molar-refractivity contribution < 1.29 is 17.9 Å². The number of rotatable bonds is 7. The molecule has 9 heteroatoms. The average molecular weight is 488 g/mol. The number of carbonyl (C=O) groups is 1. The number of carbonyl (C=O) groups excluding carboxylic acids is 1. The van der Waals surface area contributed by atoms with Gasteiger partial charge in [0.05, 0.1) is 31.1 Å². The number of aliphatic imine (C=N–C) groups is 1. The normalized spacial score (nSPS) is 22.4. The van der Waals surface area contributed by atoms with Crippen molar-refractivity contribution in [3.05, 3.63) is 54.1 Å². The highest BCUT2D eigenvalue weighted by Crippen LogP contribution is 2.41. The van der Waals surface area contributed by atoms with Crippen LogP contribution in [-0.2, 0) is 21.1 Å². The molecule has 176 valence electrons. The molecule has 2 aliphatic rings. The minimum absolute atomic E-state index is 0.0716. The lowest BCUT2D eigenvalue weighted by Crippen LogP contribution is -2.37. The zero-order valence-electron chi connectivity index (χ0n) is 19.1. The monoisotopic (exact) mass is 487 g/mol. The number of para-hydroxylation sites is 1. The maximum Gasteiger partial charge on any atom is 0.252 e. The van der Waals surface area contributed by atoms with E-state index in [1.807, 2.05) is 53.4 Å². The maximum atomic E-state index is 12.9. The second-order valence-electron chi connectivity index (χ2n) is 8.14. The summed E-state index contributed by atoms with van der Waals surface area (Å²) in [7, 11) is -1.54. The molecule has 0 N–H and O–H groups in total. The Bertz CT molecular complexity index is 1140. The van der Waals surface area contributed by atoms with Gasteiger partial charge in [0.2, 0.25) is 0 Å². The van der Waals surface area contributed by atoms with Crippen molar-refractivity contribution >= 4 is 44.0 Å². The summed E-state index contributed by atoms with van der Waals surface area (Å²) < 4.78 is 30.0. The number of nitrogens with zero attached hydrogens (tertiary/aromatic N) is 3. The van der Waals surface area contributed by atoms with Crippen LogP contribution in [0.15, 0.2) is 53.5 Å². The quantitative estimate of drug-likeness (QED) is 0.592. The molecule has 2 saturated heterocycles. The van der Waals surface area contributed by atoms with Crippen LogP contribution < -0.4 is 14.5 Å². The van der Waals surface area contributed by atoms with E-state index in [1.165, 1.54) is 11.8 Å². The molecule has 0 bridgehead atoms. The van der Waals surface area contributed by atoms with Crippen LogP contribution in [0.3, 0.4) is 0 Å². The van der Waals surface area contributed by atoms with Crippen LogP contribution >= 0.6 is 11.8 Å². The minimum Gasteiger partial charge on any atom is -0.496 e. The van der Waals surface area contributed by atoms with E-state index in [0.717, 1.165) is 30.0 Å². The number of methoxy groups -OCH3 is 1. The molecule has 2 aromatic carbocycles. The van der Waals surface area contributed by atoms with Crippen LogP contribution in [0.2, 0.25) is 0 Å². The first-order valence-electron chi connectivity index (χ1n) is 11.1. The first kappa shape index (κ1) is 23.6. The zero-order chi connectivity index (χ0) is 23.6. The predicted molar refractivity (Wildman–Crippen MR) is 135 cm³/mol. The Balaban J connectivity index is 1.63. The molecule has 2 fully saturated rings. The molecule has 2 aliphatic heterocycles. The molecule has 4 rings (SSSR count). The number of hydrogen-bond donors (Lipinski definition) is 0. The van der Waals surface area contributed by atoms with E-state index >= 15 is 0 Å². The fourth-order valence-electron chi connectivity index (χ4n) is 4.44. The van der Waals surface area contributed by atoms with Gasteiger partial charge >= 0.3 is 0 Å². The van der Waals surface area contributed by atoms with Gasteiger partial charge in [-0.05, 0) is 44.2 Å². The van der Waals surface area contributed by atoms with E-state index in [9.17, 15) is 13.2 Å². The Hall–Kier alpha value is -2.52. The third kappa shape index (κ3) is 5.04. The third-order valence-electron chi connectivity index (χ3n) is 6.08. The summed E-state index contributed by atoms with van der Waals surface area (Å²) in [6.45, 7) is 6.03. The van der Waals surface area contributed by atoms with Crippen LogP contribution in [0.25, 0.3) is 0 Å². The third-order valence-corrected chi connectivity index (χ3v) is 9.29. The van der Waals surface area contributed by atoms with Crippen LogP contribution in [0.4, 0.5) is 11.4 Å². The standard InChI is InChI=1S/C24H29N3O4S2/c1-4-26(5-2)18-10-12-19(13-11-18)27-20-15-33(29,30)16-22(20)32-24(27)25-23(28)14-17-8-6-7-9-21(17)31-3/h6-13,20,22H,4-5,14-16H2,1-3H3/t20-,22-/m0/s1. The summed E-state index contributed by atoms with van der Waals surface area (Å²) in [5, 5.41) is 0.436. The van der Waals surface area contributed by atoms with Crippen LogP contribution in [0.5, 0.6) is 5.75 Å². The summed E-state index contributed by atoms with van der Waals surface area (Å²) in [4.78, 5) is 21.5. The Kier molecular flexibility index (Phi) is 6.99. The largest absolute Gasteiger partial charge is 0.496 e. The average Bonchev–Trinajstić information content (AvgIpc) is 3.26. The fraction of sp³-hybridized carbons (Fsp3) is 0.417. The van der Waals surface area contributed by atoms with Crippen molar-refractivity contribution in [2.24, 2.45) is 4.99 Å². The van der Waals surface area contributed by atoms with E-state index < -0.39 is 9.84 Å². The van der Waals surface area contributed by atoms with E-state index in [-0.39, 0.29) is 35.1 Å². The van der Waals surface area contributed by atoms with Gasteiger partial charge in [-0.15, -0.1) is 0 Å². The lowest BCUT2D eigenvalue weighted by atomic mass is 10.1.